The fraction of sp³-hybridized carbons (Fsp3) is 0. The average molecular weight is 156 g/mol. The van der Waals surface area contributed by atoms with E-state index in [9.17, 15) is 0 Å². The van der Waals surface area contributed by atoms with E-state index in [1.54, 1.807) is 6.07 Å². The number of aromatic nitrogens is 1. The van der Waals surface area contributed by atoms with Gasteiger partial charge in [-0.25, -0.2) is 4.98 Å². The molecule has 1 N–H and O–H groups in total. The molecule has 51 valence electrons. The van der Waals surface area contributed by atoms with E-state index in [2.05, 4.69) is 9.64 Å². The first kappa shape index (κ1) is 7.37. The third-order valence-electron chi connectivity index (χ3n) is 0.887. The van der Waals surface area contributed by atoms with Crippen LogP contribution in [0, 0.1) is 0 Å². The Labute approximate surface area is 63.9 Å². The van der Waals surface area contributed by atoms with E-state index in [1.165, 1.54) is 12.3 Å². The molecule has 3 nitrogen and oxygen atoms in total. The summed E-state index contributed by atoms with van der Waals surface area (Å²) >= 11 is 5.49. The van der Waals surface area contributed by atoms with Crippen LogP contribution in [-0.4, -0.2) is 17.7 Å². The van der Waals surface area contributed by atoms with Gasteiger partial charge in [0, 0.05) is 12.3 Å². The van der Waals surface area contributed by atoms with Crippen LogP contribution in [0.2, 0.25) is 5.15 Å². The Hall–Kier alpha value is -0.735. The van der Waals surface area contributed by atoms with Crippen LogP contribution in [0.3, 0.4) is 0 Å². The molecule has 0 aromatic carbocycles. The van der Waals surface area contributed by atoms with Gasteiger partial charge in [-0.1, -0.05) is 11.6 Å². The maximum absolute atomic E-state index is 8.20. The Morgan fingerprint density at radius 1 is 1.70 bits per heavy atom. The van der Waals surface area contributed by atoms with Crippen LogP contribution in [0.15, 0.2) is 18.3 Å². The minimum Gasteiger partial charge on any atom is -0.537 e. The van der Waals surface area contributed by atoms with Crippen molar-refractivity contribution >= 4 is 19.3 Å². The number of halogens is 1. The van der Waals surface area contributed by atoms with Crippen molar-refractivity contribution in [1.82, 2.24) is 4.98 Å². The molecule has 0 saturated carbocycles. The van der Waals surface area contributed by atoms with E-state index in [0.717, 1.165) is 0 Å². The van der Waals surface area contributed by atoms with E-state index in [-0.39, 0.29) is 0 Å². The van der Waals surface area contributed by atoms with Crippen molar-refractivity contribution in [1.29, 1.82) is 0 Å². The lowest BCUT2D eigenvalue weighted by Gasteiger charge is -1.98. The zero-order valence-electron chi connectivity index (χ0n) is 4.99. The number of hydrogen-bond acceptors (Lipinski definition) is 3. The maximum Gasteiger partial charge on any atom is 0.569 e. The van der Waals surface area contributed by atoms with Crippen molar-refractivity contribution in [2.75, 3.05) is 0 Å². The first-order valence-electron chi connectivity index (χ1n) is 2.57. The summed E-state index contributed by atoms with van der Waals surface area (Å²) < 4.78 is 4.59. The quantitative estimate of drug-likeness (QED) is 0.505. The number of pyridine rings is 1. The average Bonchev–Trinajstić information content (AvgIpc) is 1.88. The number of nitrogens with zero attached hydrogens (tertiary/aromatic N) is 1. The molecular formula is C5H4BClNO2. The van der Waals surface area contributed by atoms with Gasteiger partial charge in [-0.2, -0.15) is 0 Å². The van der Waals surface area contributed by atoms with Gasteiger partial charge in [0.25, 0.3) is 0 Å². The molecule has 1 rings (SSSR count). The molecule has 1 aromatic heterocycles. The molecule has 0 aliphatic heterocycles. The molecule has 0 aliphatic carbocycles. The molecule has 0 aliphatic rings. The zero-order chi connectivity index (χ0) is 7.40. The predicted molar refractivity (Wildman–Crippen MR) is 37.8 cm³/mol. The van der Waals surface area contributed by atoms with Crippen molar-refractivity contribution in [3.05, 3.63) is 23.5 Å². The summed E-state index contributed by atoms with van der Waals surface area (Å²) in [5.41, 5.74) is 0. The second-order valence-electron chi connectivity index (χ2n) is 1.54. The Bertz CT molecular complexity index is 221. The Morgan fingerprint density at radius 3 is 3.10 bits per heavy atom. The second kappa shape index (κ2) is 3.44. The third-order valence-corrected chi connectivity index (χ3v) is 1.09. The molecule has 1 heterocycles. The van der Waals surface area contributed by atoms with Crippen molar-refractivity contribution in [3.8, 4) is 5.75 Å². The highest BCUT2D eigenvalue weighted by Crippen LogP contribution is 2.13. The molecule has 0 fully saturated rings. The molecule has 0 spiro atoms. The molecule has 0 amide bonds. The molecule has 10 heavy (non-hydrogen) atoms. The molecule has 1 aromatic rings. The van der Waals surface area contributed by atoms with Crippen molar-refractivity contribution in [2.24, 2.45) is 0 Å². The van der Waals surface area contributed by atoms with Crippen LogP contribution >= 0.6 is 11.6 Å². The van der Waals surface area contributed by atoms with Gasteiger partial charge in [-0.05, 0) is 6.07 Å². The van der Waals surface area contributed by atoms with Crippen LogP contribution in [0.5, 0.6) is 5.75 Å². The van der Waals surface area contributed by atoms with Gasteiger partial charge >= 0.3 is 7.69 Å². The molecule has 1 radical (unpaired) electrons. The summed E-state index contributed by atoms with van der Waals surface area (Å²) in [7, 11) is 0.589. The lowest BCUT2D eigenvalue weighted by Crippen LogP contribution is -1.99. The van der Waals surface area contributed by atoms with Gasteiger partial charge in [0.1, 0.15) is 10.9 Å². The van der Waals surface area contributed by atoms with Gasteiger partial charge in [0.2, 0.25) is 0 Å². The lowest BCUT2D eigenvalue weighted by atomic mass is 10.4. The first-order chi connectivity index (χ1) is 4.83. The smallest absolute Gasteiger partial charge is 0.537 e. The topological polar surface area (TPSA) is 42.4 Å². The van der Waals surface area contributed by atoms with E-state index in [4.69, 9.17) is 16.6 Å². The number of rotatable bonds is 2. The van der Waals surface area contributed by atoms with Gasteiger partial charge in [0.15, 0.2) is 0 Å². The summed E-state index contributed by atoms with van der Waals surface area (Å²) in [6.07, 6.45) is 1.49. The molecule has 0 unspecified atom stereocenters. The Morgan fingerprint density at radius 2 is 2.50 bits per heavy atom. The second-order valence-corrected chi connectivity index (χ2v) is 1.92. The Balaban J connectivity index is 2.75. The van der Waals surface area contributed by atoms with E-state index < -0.39 is 0 Å². The fourth-order valence-corrected chi connectivity index (χ4v) is 0.683. The van der Waals surface area contributed by atoms with E-state index in [1.807, 2.05) is 0 Å². The summed E-state index contributed by atoms with van der Waals surface area (Å²) in [6.45, 7) is 0. The normalized spacial score (nSPS) is 9.00. The molecular weight excluding hydrogens is 152 g/mol. The van der Waals surface area contributed by atoms with Crippen molar-refractivity contribution in [2.45, 2.75) is 0 Å². The summed E-state index contributed by atoms with van der Waals surface area (Å²) in [5.74, 6) is 0.461. The van der Waals surface area contributed by atoms with E-state index in [0.29, 0.717) is 18.6 Å². The minimum atomic E-state index is 0.333. The van der Waals surface area contributed by atoms with Crippen LogP contribution < -0.4 is 4.65 Å². The van der Waals surface area contributed by atoms with Gasteiger partial charge in [0.05, 0.1) is 0 Å². The van der Waals surface area contributed by atoms with Crippen LogP contribution in [0.25, 0.3) is 0 Å². The molecule has 5 heteroatoms. The van der Waals surface area contributed by atoms with E-state index >= 15 is 0 Å². The monoisotopic (exact) mass is 156 g/mol. The highest BCUT2D eigenvalue weighted by atomic mass is 35.5. The van der Waals surface area contributed by atoms with Gasteiger partial charge in [-0.15, -0.1) is 0 Å². The fourth-order valence-electron chi connectivity index (χ4n) is 0.519. The SMILES string of the molecule is O[B]Oc1ccnc(Cl)c1. The van der Waals surface area contributed by atoms with Gasteiger partial charge < -0.3 is 9.68 Å². The minimum absolute atomic E-state index is 0.333. The van der Waals surface area contributed by atoms with Crippen molar-refractivity contribution < 1.29 is 9.68 Å². The molecule has 0 saturated heterocycles. The predicted octanol–water partition coefficient (Wildman–Crippen LogP) is 0.640. The van der Waals surface area contributed by atoms with Crippen LogP contribution in [-0.2, 0) is 0 Å². The maximum atomic E-state index is 8.20. The van der Waals surface area contributed by atoms with Gasteiger partial charge in [-0.3, -0.25) is 0 Å². The lowest BCUT2D eigenvalue weighted by molar-refractivity contribution is 0.453. The van der Waals surface area contributed by atoms with Crippen molar-refractivity contribution in [3.63, 3.8) is 0 Å². The van der Waals surface area contributed by atoms with Crippen LogP contribution in [0.4, 0.5) is 0 Å². The Kier molecular flexibility index (Phi) is 2.53. The highest BCUT2D eigenvalue weighted by Gasteiger charge is 1.94. The third kappa shape index (κ3) is 1.90. The largest absolute Gasteiger partial charge is 0.569 e. The highest BCUT2D eigenvalue weighted by molar-refractivity contribution is 6.29. The molecule has 0 atom stereocenters. The summed E-state index contributed by atoms with van der Waals surface area (Å²) in [4.78, 5) is 3.71. The van der Waals surface area contributed by atoms with Crippen LogP contribution in [0.1, 0.15) is 0 Å². The zero-order valence-corrected chi connectivity index (χ0v) is 5.75. The number of hydrogen-bond donors (Lipinski definition) is 1. The standard InChI is InChI=1S/C5H4BClNO2/c7-5-3-4(10-6-9)1-2-8-5/h1-3,9H. The molecule has 0 bridgehead atoms. The first-order valence-corrected chi connectivity index (χ1v) is 2.95. The summed E-state index contributed by atoms with van der Waals surface area (Å²) in [6, 6.07) is 3.08. The summed E-state index contributed by atoms with van der Waals surface area (Å²) in [5, 5.41) is 8.53.